The van der Waals surface area contributed by atoms with E-state index < -0.39 is 38.6 Å². The van der Waals surface area contributed by atoms with Gasteiger partial charge in [-0.2, -0.15) is 8.42 Å². The zero-order valence-corrected chi connectivity index (χ0v) is 12.7. The smallest absolute Gasteiger partial charge is 0.298 e. The SMILES string of the molecule is NC(=O)[C@@H](N)CCC(=O)Nc1cc(Cl)cc(S(=O)(=O)O)c1O. The van der Waals surface area contributed by atoms with Gasteiger partial charge in [0.15, 0.2) is 5.75 Å². The highest BCUT2D eigenvalue weighted by atomic mass is 35.5. The summed E-state index contributed by atoms with van der Waals surface area (Å²) in [7, 11) is -4.72. The predicted octanol–water partition coefficient (Wildman–Crippen LogP) is -0.176. The Labute approximate surface area is 131 Å². The third-order valence-electron chi connectivity index (χ3n) is 2.64. The van der Waals surface area contributed by atoms with E-state index in [1.54, 1.807) is 0 Å². The van der Waals surface area contributed by atoms with Gasteiger partial charge in [-0.25, -0.2) is 0 Å². The minimum absolute atomic E-state index is 0.0341. The van der Waals surface area contributed by atoms with E-state index >= 15 is 0 Å². The molecule has 0 fully saturated rings. The summed E-state index contributed by atoms with van der Waals surface area (Å²) in [5, 5.41) is 11.8. The number of phenols is 1. The number of hydrogen-bond acceptors (Lipinski definition) is 6. The van der Waals surface area contributed by atoms with Gasteiger partial charge in [-0.15, -0.1) is 0 Å². The molecule has 1 aromatic rings. The third kappa shape index (κ3) is 4.84. The molecule has 0 unspecified atom stereocenters. The van der Waals surface area contributed by atoms with Crippen molar-refractivity contribution >= 4 is 39.2 Å². The Bertz CT molecular complexity index is 706. The molecule has 0 aliphatic heterocycles. The van der Waals surface area contributed by atoms with Crippen molar-refractivity contribution in [1.82, 2.24) is 0 Å². The third-order valence-corrected chi connectivity index (χ3v) is 3.72. The molecule has 0 aromatic heterocycles. The maximum Gasteiger partial charge on any atom is 0.298 e. The summed E-state index contributed by atoms with van der Waals surface area (Å²) in [5.41, 5.74) is 9.99. The van der Waals surface area contributed by atoms with Crippen LogP contribution in [0.25, 0.3) is 0 Å². The zero-order valence-electron chi connectivity index (χ0n) is 11.1. The quantitative estimate of drug-likeness (QED) is 0.349. The van der Waals surface area contributed by atoms with Crippen molar-refractivity contribution in [3.8, 4) is 5.75 Å². The Morgan fingerprint density at radius 3 is 2.45 bits per heavy atom. The molecule has 2 amide bonds. The van der Waals surface area contributed by atoms with E-state index in [0.29, 0.717) is 0 Å². The fourth-order valence-corrected chi connectivity index (χ4v) is 2.42. The second-order valence-electron chi connectivity index (χ2n) is 4.37. The highest BCUT2D eigenvalue weighted by Gasteiger charge is 2.21. The number of anilines is 1. The van der Waals surface area contributed by atoms with Crippen molar-refractivity contribution in [3.63, 3.8) is 0 Å². The molecule has 0 aliphatic carbocycles. The van der Waals surface area contributed by atoms with Gasteiger partial charge in [0.25, 0.3) is 10.1 Å². The Balaban J connectivity index is 2.93. The van der Waals surface area contributed by atoms with Gasteiger partial charge in [-0.1, -0.05) is 11.6 Å². The number of benzene rings is 1. The Hall–Kier alpha value is -1.88. The second kappa shape index (κ2) is 6.92. The molecule has 0 bridgehead atoms. The number of carbonyl (C=O) groups excluding carboxylic acids is 2. The average Bonchev–Trinajstić information content (AvgIpc) is 2.38. The summed E-state index contributed by atoms with van der Waals surface area (Å²) in [6.07, 6.45) is -0.231. The molecule has 7 N–H and O–H groups in total. The highest BCUT2D eigenvalue weighted by molar-refractivity contribution is 7.86. The minimum Gasteiger partial charge on any atom is -0.504 e. The molecular formula is C11H14ClN3O6S. The van der Waals surface area contributed by atoms with Crippen LogP contribution in [-0.4, -0.2) is 35.9 Å². The van der Waals surface area contributed by atoms with Gasteiger partial charge >= 0.3 is 0 Å². The average molecular weight is 352 g/mol. The van der Waals surface area contributed by atoms with Crippen molar-refractivity contribution in [1.29, 1.82) is 0 Å². The van der Waals surface area contributed by atoms with Crippen LogP contribution in [-0.2, 0) is 19.7 Å². The van der Waals surface area contributed by atoms with Gasteiger partial charge in [0.2, 0.25) is 11.8 Å². The number of primary amides is 1. The lowest BCUT2D eigenvalue weighted by atomic mass is 10.1. The fourth-order valence-electron chi connectivity index (χ4n) is 1.51. The molecule has 0 aliphatic rings. The Morgan fingerprint density at radius 1 is 1.36 bits per heavy atom. The molecule has 11 heteroatoms. The van der Waals surface area contributed by atoms with Crippen LogP contribution in [0.3, 0.4) is 0 Å². The predicted molar refractivity (Wildman–Crippen MR) is 78.0 cm³/mol. The highest BCUT2D eigenvalue weighted by Crippen LogP contribution is 2.34. The summed E-state index contributed by atoms with van der Waals surface area (Å²) in [6, 6.07) is 0.912. The van der Waals surface area contributed by atoms with Crippen LogP contribution in [0.4, 0.5) is 5.69 Å². The van der Waals surface area contributed by atoms with Crippen molar-refractivity contribution in [2.75, 3.05) is 5.32 Å². The molecule has 0 spiro atoms. The van der Waals surface area contributed by atoms with E-state index in [-0.39, 0.29) is 23.6 Å². The second-order valence-corrected chi connectivity index (χ2v) is 6.20. The lowest BCUT2D eigenvalue weighted by Crippen LogP contribution is -2.37. The first kappa shape index (κ1) is 18.2. The Kier molecular flexibility index (Phi) is 5.72. The molecule has 22 heavy (non-hydrogen) atoms. The maximum atomic E-state index is 11.7. The summed E-state index contributed by atoms with van der Waals surface area (Å²) in [5.74, 6) is -2.29. The summed E-state index contributed by atoms with van der Waals surface area (Å²) < 4.78 is 31.1. The van der Waals surface area contributed by atoms with Gasteiger partial charge in [-0.05, 0) is 18.6 Å². The van der Waals surface area contributed by atoms with Crippen molar-refractivity contribution in [2.24, 2.45) is 11.5 Å². The van der Waals surface area contributed by atoms with Crippen molar-refractivity contribution in [3.05, 3.63) is 17.2 Å². The topological polar surface area (TPSA) is 173 Å². The first-order valence-electron chi connectivity index (χ1n) is 5.87. The number of halogens is 1. The number of rotatable bonds is 6. The first-order valence-corrected chi connectivity index (χ1v) is 7.69. The molecule has 9 nitrogen and oxygen atoms in total. The van der Waals surface area contributed by atoms with Crippen LogP contribution in [0.5, 0.6) is 5.75 Å². The summed E-state index contributed by atoms with van der Waals surface area (Å²) >= 11 is 5.66. The van der Waals surface area contributed by atoms with Crippen LogP contribution in [0, 0.1) is 0 Å². The van der Waals surface area contributed by atoms with E-state index in [0.717, 1.165) is 12.1 Å². The molecule has 1 aromatic carbocycles. The lowest BCUT2D eigenvalue weighted by molar-refractivity contribution is -0.119. The van der Waals surface area contributed by atoms with Gasteiger partial charge in [0.05, 0.1) is 11.7 Å². The van der Waals surface area contributed by atoms with E-state index in [1.165, 1.54) is 0 Å². The summed E-state index contributed by atoms with van der Waals surface area (Å²) in [4.78, 5) is 21.6. The standard InChI is InChI=1S/C11H14ClN3O6S/c12-5-3-7(10(17)8(4-5)22(19,20)21)15-9(16)2-1-6(13)11(14)18/h3-4,6,17H,1-2,13H2,(H2,14,18)(H,15,16)(H,19,20,21)/t6-/m0/s1. The largest absolute Gasteiger partial charge is 0.504 e. The molecule has 1 atom stereocenters. The molecule has 0 saturated heterocycles. The number of phenolic OH excluding ortho intramolecular Hbond substituents is 1. The van der Waals surface area contributed by atoms with Crippen LogP contribution in [0.1, 0.15) is 12.8 Å². The molecule has 122 valence electrons. The van der Waals surface area contributed by atoms with Crippen molar-refractivity contribution in [2.45, 2.75) is 23.8 Å². The Morgan fingerprint density at radius 2 is 1.95 bits per heavy atom. The number of nitrogens with two attached hydrogens (primary N) is 2. The first-order chi connectivity index (χ1) is 10.0. The van der Waals surface area contributed by atoms with Gasteiger partial charge in [-0.3, -0.25) is 14.1 Å². The molecular weight excluding hydrogens is 338 g/mol. The van der Waals surface area contributed by atoms with E-state index in [1.807, 2.05) is 0 Å². The van der Waals surface area contributed by atoms with E-state index in [4.69, 9.17) is 27.6 Å². The van der Waals surface area contributed by atoms with Crippen LogP contribution < -0.4 is 16.8 Å². The minimum atomic E-state index is -4.72. The molecule has 0 radical (unpaired) electrons. The number of carbonyl (C=O) groups is 2. The molecule has 0 heterocycles. The normalized spacial score (nSPS) is 12.7. The van der Waals surface area contributed by atoms with Crippen LogP contribution in [0.15, 0.2) is 17.0 Å². The lowest BCUT2D eigenvalue weighted by Gasteiger charge is -2.11. The van der Waals surface area contributed by atoms with Gasteiger partial charge < -0.3 is 21.9 Å². The number of aromatic hydroxyl groups is 1. The van der Waals surface area contributed by atoms with Crippen LogP contribution >= 0.6 is 11.6 Å². The van der Waals surface area contributed by atoms with E-state index in [9.17, 15) is 23.1 Å². The zero-order chi connectivity index (χ0) is 17.1. The fraction of sp³-hybridized carbons (Fsp3) is 0.273. The van der Waals surface area contributed by atoms with Crippen LogP contribution in [0.2, 0.25) is 5.02 Å². The van der Waals surface area contributed by atoms with E-state index in [2.05, 4.69) is 5.32 Å². The monoisotopic (exact) mass is 351 g/mol. The number of nitrogens with one attached hydrogen (secondary N) is 1. The number of hydrogen-bond donors (Lipinski definition) is 5. The number of amides is 2. The van der Waals surface area contributed by atoms with Crippen molar-refractivity contribution < 1.29 is 27.7 Å². The summed E-state index contributed by atoms with van der Waals surface area (Å²) in [6.45, 7) is 0. The van der Waals surface area contributed by atoms with Gasteiger partial charge in [0, 0.05) is 11.4 Å². The van der Waals surface area contributed by atoms with Gasteiger partial charge in [0.1, 0.15) is 4.90 Å². The molecule has 0 saturated carbocycles. The molecule has 1 rings (SSSR count). The maximum absolute atomic E-state index is 11.7.